The van der Waals surface area contributed by atoms with Gasteiger partial charge < -0.3 is 10.6 Å². The summed E-state index contributed by atoms with van der Waals surface area (Å²) in [4.78, 5) is 34.5. The van der Waals surface area contributed by atoms with Crippen LogP contribution in [-0.4, -0.2) is 35.8 Å². The van der Waals surface area contributed by atoms with E-state index in [1.807, 2.05) is 6.92 Å². The second-order valence-corrected chi connectivity index (χ2v) is 5.06. The first-order valence-corrected chi connectivity index (χ1v) is 6.46. The molecule has 6 nitrogen and oxygen atoms in total. The average Bonchev–Trinajstić information content (AvgIpc) is 2.32. The van der Waals surface area contributed by atoms with Gasteiger partial charge in [-0.3, -0.25) is 19.7 Å². The Balaban J connectivity index is 1.87. The fourth-order valence-electron chi connectivity index (χ4n) is 2.45. The largest absolute Gasteiger partial charge is 0.343 e. The third kappa shape index (κ3) is 3.07. The third-order valence-electron chi connectivity index (χ3n) is 3.49. The lowest BCUT2D eigenvalue weighted by Crippen LogP contribution is -2.57. The maximum Gasteiger partial charge on any atom is 0.249 e. The Morgan fingerprint density at radius 1 is 1.28 bits per heavy atom. The molecule has 0 bridgehead atoms. The van der Waals surface area contributed by atoms with Crippen molar-refractivity contribution in [3.63, 3.8) is 0 Å². The molecule has 0 aromatic carbocycles. The normalized spacial score (nSPS) is 32.8. The van der Waals surface area contributed by atoms with E-state index in [2.05, 4.69) is 16.0 Å². The predicted molar refractivity (Wildman–Crippen MR) is 64.6 cm³/mol. The Hall–Kier alpha value is -1.43. The summed E-state index contributed by atoms with van der Waals surface area (Å²) in [5.41, 5.74) is 0. The van der Waals surface area contributed by atoms with Gasteiger partial charge in [-0.2, -0.15) is 0 Å². The second kappa shape index (κ2) is 5.48. The third-order valence-corrected chi connectivity index (χ3v) is 3.49. The molecule has 3 atom stereocenters. The summed E-state index contributed by atoms with van der Waals surface area (Å²) in [6.45, 7) is 2.05. The van der Waals surface area contributed by atoms with Crippen molar-refractivity contribution in [1.29, 1.82) is 0 Å². The molecule has 0 spiro atoms. The van der Waals surface area contributed by atoms with Crippen LogP contribution in [0.1, 0.15) is 39.0 Å². The lowest BCUT2D eigenvalue weighted by molar-refractivity contribution is -0.137. The fraction of sp³-hybridized carbons (Fsp3) is 0.750. The first kappa shape index (κ1) is 13.0. The molecule has 2 heterocycles. The Labute approximate surface area is 106 Å². The van der Waals surface area contributed by atoms with Crippen LogP contribution in [0.2, 0.25) is 0 Å². The lowest BCUT2D eigenvalue weighted by Gasteiger charge is -2.30. The number of carbonyl (C=O) groups excluding carboxylic acids is 3. The van der Waals surface area contributed by atoms with E-state index in [-0.39, 0.29) is 24.3 Å². The summed E-state index contributed by atoms with van der Waals surface area (Å²) >= 11 is 0. The zero-order valence-corrected chi connectivity index (χ0v) is 10.5. The molecule has 0 aromatic rings. The first-order chi connectivity index (χ1) is 8.56. The van der Waals surface area contributed by atoms with E-state index in [0.29, 0.717) is 12.5 Å². The molecule has 6 heteroatoms. The number of hydrogen-bond acceptors (Lipinski definition) is 4. The molecule has 2 aliphatic rings. The monoisotopic (exact) mass is 253 g/mol. The molecule has 100 valence electrons. The van der Waals surface area contributed by atoms with E-state index in [1.54, 1.807) is 0 Å². The van der Waals surface area contributed by atoms with Crippen molar-refractivity contribution in [1.82, 2.24) is 16.0 Å². The molecular weight excluding hydrogens is 234 g/mol. The number of carbonyl (C=O) groups is 3. The van der Waals surface area contributed by atoms with Crippen LogP contribution >= 0.6 is 0 Å². The van der Waals surface area contributed by atoms with Crippen LogP contribution in [0, 0.1) is 0 Å². The molecule has 3 amide bonds. The second-order valence-electron chi connectivity index (χ2n) is 5.06. The molecule has 3 N–H and O–H groups in total. The minimum atomic E-state index is -0.575. The van der Waals surface area contributed by atoms with Crippen molar-refractivity contribution >= 4 is 17.7 Å². The molecule has 18 heavy (non-hydrogen) atoms. The predicted octanol–water partition coefficient (Wildman–Crippen LogP) is -0.562. The number of amides is 3. The SMILES string of the molecule is CC1CCCC(C(=O)NC2CCC(=O)NC2=O)N1. The molecular formula is C12H19N3O3. The Kier molecular flexibility index (Phi) is 3.96. The quantitative estimate of drug-likeness (QED) is 0.576. The summed E-state index contributed by atoms with van der Waals surface area (Å²) in [6, 6.07) is -0.468. The minimum absolute atomic E-state index is 0.143. The first-order valence-electron chi connectivity index (χ1n) is 6.46. The van der Waals surface area contributed by atoms with Crippen molar-refractivity contribution in [2.75, 3.05) is 0 Å². The number of nitrogens with one attached hydrogen (secondary N) is 3. The molecule has 2 aliphatic heterocycles. The Morgan fingerprint density at radius 3 is 2.72 bits per heavy atom. The summed E-state index contributed by atoms with van der Waals surface area (Å²) in [5.74, 6) is -0.811. The number of imide groups is 1. The highest BCUT2D eigenvalue weighted by atomic mass is 16.2. The van der Waals surface area contributed by atoms with Gasteiger partial charge in [-0.25, -0.2) is 0 Å². The van der Waals surface area contributed by atoms with Crippen LogP contribution in [-0.2, 0) is 14.4 Å². The zero-order valence-electron chi connectivity index (χ0n) is 10.5. The zero-order chi connectivity index (χ0) is 13.1. The van der Waals surface area contributed by atoms with Crippen LogP contribution < -0.4 is 16.0 Å². The molecule has 0 aliphatic carbocycles. The molecule has 0 aromatic heterocycles. The van der Waals surface area contributed by atoms with Gasteiger partial charge in [-0.05, 0) is 32.6 Å². The van der Waals surface area contributed by atoms with Crippen LogP contribution in [0.25, 0.3) is 0 Å². The van der Waals surface area contributed by atoms with Gasteiger partial charge in [0.05, 0.1) is 6.04 Å². The van der Waals surface area contributed by atoms with E-state index < -0.39 is 11.9 Å². The summed E-state index contributed by atoms with van der Waals surface area (Å²) in [5, 5.41) is 8.17. The van der Waals surface area contributed by atoms with Gasteiger partial charge in [-0.1, -0.05) is 0 Å². The number of rotatable bonds is 2. The maximum absolute atomic E-state index is 12.0. The molecule has 2 rings (SSSR count). The van der Waals surface area contributed by atoms with E-state index in [4.69, 9.17) is 0 Å². The molecule has 3 unspecified atom stereocenters. The van der Waals surface area contributed by atoms with Crippen LogP contribution in [0.15, 0.2) is 0 Å². The van der Waals surface area contributed by atoms with E-state index >= 15 is 0 Å². The van der Waals surface area contributed by atoms with Crippen LogP contribution in [0.3, 0.4) is 0 Å². The highest BCUT2D eigenvalue weighted by molar-refractivity contribution is 6.02. The summed E-state index contributed by atoms with van der Waals surface area (Å²) < 4.78 is 0. The van der Waals surface area contributed by atoms with Gasteiger partial charge in [0.15, 0.2) is 0 Å². The molecule has 2 fully saturated rings. The average molecular weight is 253 g/mol. The van der Waals surface area contributed by atoms with Crippen molar-refractivity contribution < 1.29 is 14.4 Å². The van der Waals surface area contributed by atoms with Gasteiger partial charge in [0.25, 0.3) is 0 Å². The number of hydrogen-bond donors (Lipinski definition) is 3. The van der Waals surface area contributed by atoms with Crippen molar-refractivity contribution in [3.05, 3.63) is 0 Å². The van der Waals surface area contributed by atoms with E-state index in [0.717, 1.165) is 19.3 Å². The van der Waals surface area contributed by atoms with Gasteiger partial charge in [0, 0.05) is 12.5 Å². The van der Waals surface area contributed by atoms with Crippen molar-refractivity contribution in [2.45, 2.75) is 57.2 Å². The van der Waals surface area contributed by atoms with Crippen molar-refractivity contribution in [3.8, 4) is 0 Å². The fourth-order valence-corrected chi connectivity index (χ4v) is 2.45. The molecule has 0 radical (unpaired) electrons. The van der Waals surface area contributed by atoms with Gasteiger partial charge in [0.2, 0.25) is 17.7 Å². The van der Waals surface area contributed by atoms with Gasteiger partial charge in [0.1, 0.15) is 6.04 Å². The topological polar surface area (TPSA) is 87.3 Å². The Morgan fingerprint density at radius 2 is 2.06 bits per heavy atom. The lowest BCUT2D eigenvalue weighted by atomic mass is 9.98. The standard InChI is InChI=1S/C12H19N3O3/c1-7-3-2-4-8(13-7)11(17)14-9-5-6-10(16)15-12(9)18/h7-9,13H,2-6H2,1H3,(H,14,17)(H,15,16,18). The smallest absolute Gasteiger partial charge is 0.249 e. The maximum atomic E-state index is 12.0. The van der Waals surface area contributed by atoms with E-state index in [9.17, 15) is 14.4 Å². The van der Waals surface area contributed by atoms with E-state index in [1.165, 1.54) is 0 Å². The van der Waals surface area contributed by atoms with Crippen molar-refractivity contribution in [2.24, 2.45) is 0 Å². The Bertz CT molecular complexity index is 370. The molecule has 0 saturated carbocycles. The summed E-state index contributed by atoms with van der Waals surface area (Å²) in [6.07, 6.45) is 3.55. The summed E-state index contributed by atoms with van der Waals surface area (Å²) in [7, 11) is 0. The minimum Gasteiger partial charge on any atom is -0.343 e. The number of piperidine rings is 2. The van der Waals surface area contributed by atoms with Gasteiger partial charge >= 0.3 is 0 Å². The van der Waals surface area contributed by atoms with Gasteiger partial charge in [-0.15, -0.1) is 0 Å². The molecule has 2 saturated heterocycles. The van der Waals surface area contributed by atoms with Crippen LogP contribution in [0.4, 0.5) is 0 Å². The highest BCUT2D eigenvalue weighted by Crippen LogP contribution is 2.13. The highest BCUT2D eigenvalue weighted by Gasteiger charge is 2.31. The van der Waals surface area contributed by atoms with Crippen LogP contribution in [0.5, 0.6) is 0 Å².